The Morgan fingerprint density at radius 3 is 2.10 bits per heavy atom. The molecule has 0 spiro atoms. The SMILES string of the molecule is O=C(Nc1ccc([N+](=O)[O-])cc1)c1ccccc1CON1C(=O)c2ccccc2C1=O. The number of nitrogens with zero attached hydrogens (tertiary/aromatic N) is 2. The molecule has 3 amide bonds. The van der Waals surface area contributed by atoms with Gasteiger partial charge in [0.25, 0.3) is 23.4 Å². The van der Waals surface area contributed by atoms with Gasteiger partial charge < -0.3 is 5.32 Å². The third kappa shape index (κ3) is 3.89. The standard InChI is InChI=1S/C22H15N3O6/c26-20(23-15-9-11-16(12-10-15)25(29)30)17-6-2-1-5-14(17)13-31-24-21(27)18-7-3-4-8-19(18)22(24)28/h1-12H,13H2,(H,23,26). The number of nitro groups is 1. The minimum atomic E-state index is -0.562. The Bertz CT molecular complexity index is 1170. The maximum atomic E-state index is 12.7. The van der Waals surface area contributed by atoms with Gasteiger partial charge in [0, 0.05) is 23.4 Å². The van der Waals surface area contributed by atoms with Gasteiger partial charge in [-0.15, -0.1) is 5.06 Å². The molecule has 0 fully saturated rings. The molecule has 0 saturated carbocycles. The zero-order valence-electron chi connectivity index (χ0n) is 16.0. The predicted octanol–water partition coefficient (Wildman–Crippen LogP) is 3.57. The number of hydrogen-bond acceptors (Lipinski definition) is 6. The van der Waals surface area contributed by atoms with Crippen LogP contribution in [0.4, 0.5) is 11.4 Å². The third-order valence-corrected chi connectivity index (χ3v) is 4.70. The second kappa shape index (κ2) is 8.17. The summed E-state index contributed by atoms with van der Waals surface area (Å²) < 4.78 is 0. The number of rotatable bonds is 6. The van der Waals surface area contributed by atoms with Crippen LogP contribution < -0.4 is 5.32 Å². The highest BCUT2D eigenvalue weighted by molar-refractivity contribution is 6.20. The van der Waals surface area contributed by atoms with Gasteiger partial charge in [-0.25, -0.2) is 0 Å². The molecule has 1 aliphatic heterocycles. The summed E-state index contributed by atoms with van der Waals surface area (Å²) in [5.41, 5.74) is 1.55. The molecule has 1 aliphatic rings. The lowest BCUT2D eigenvalue weighted by molar-refractivity contribution is -0.384. The Hall–Kier alpha value is -4.37. The quantitative estimate of drug-likeness (QED) is 0.372. The van der Waals surface area contributed by atoms with Crippen molar-refractivity contribution in [2.24, 2.45) is 0 Å². The van der Waals surface area contributed by atoms with E-state index in [1.165, 1.54) is 24.3 Å². The van der Waals surface area contributed by atoms with E-state index in [1.54, 1.807) is 48.5 Å². The van der Waals surface area contributed by atoms with Gasteiger partial charge in [-0.2, -0.15) is 0 Å². The number of nitro benzene ring substituents is 1. The van der Waals surface area contributed by atoms with Crippen molar-refractivity contribution in [1.29, 1.82) is 0 Å². The summed E-state index contributed by atoms with van der Waals surface area (Å²) in [7, 11) is 0. The lowest BCUT2D eigenvalue weighted by atomic mass is 10.1. The summed E-state index contributed by atoms with van der Waals surface area (Å²) >= 11 is 0. The number of fused-ring (bicyclic) bond motifs is 1. The molecule has 3 aromatic carbocycles. The summed E-state index contributed by atoms with van der Waals surface area (Å²) in [6.45, 7) is -0.185. The zero-order chi connectivity index (χ0) is 22.0. The molecule has 31 heavy (non-hydrogen) atoms. The summed E-state index contributed by atoms with van der Waals surface area (Å²) in [6.07, 6.45) is 0. The molecular formula is C22H15N3O6. The van der Waals surface area contributed by atoms with E-state index in [0.717, 1.165) is 0 Å². The van der Waals surface area contributed by atoms with Crippen molar-refractivity contribution in [3.8, 4) is 0 Å². The average molecular weight is 417 g/mol. The number of anilines is 1. The zero-order valence-corrected chi connectivity index (χ0v) is 16.0. The maximum Gasteiger partial charge on any atom is 0.285 e. The van der Waals surface area contributed by atoms with Crippen molar-refractivity contribution in [3.63, 3.8) is 0 Å². The molecule has 0 aliphatic carbocycles. The van der Waals surface area contributed by atoms with E-state index in [-0.39, 0.29) is 29.0 Å². The number of nitrogens with one attached hydrogen (secondary N) is 1. The second-order valence-corrected chi connectivity index (χ2v) is 6.64. The first kappa shape index (κ1) is 19.9. The van der Waals surface area contributed by atoms with E-state index in [0.29, 0.717) is 16.3 Å². The summed E-state index contributed by atoms with van der Waals surface area (Å²) in [5.74, 6) is -1.59. The molecular weight excluding hydrogens is 402 g/mol. The van der Waals surface area contributed by atoms with Crippen LogP contribution in [-0.2, 0) is 11.4 Å². The van der Waals surface area contributed by atoms with Crippen molar-refractivity contribution >= 4 is 29.1 Å². The molecule has 1 N–H and O–H groups in total. The molecule has 0 bridgehead atoms. The fourth-order valence-electron chi connectivity index (χ4n) is 3.15. The highest BCUT2D eigenvalue weighted by Crippen LogP contribution is 2.24. The number of carbonyl (C=O) groups excluding carboxylic acids is 3. The fourth-order valence-corrected chi connectivity index (χ4v) is 3.15. The summed E-state index contributed by atoms with van der Waals surface area (Å²) in [5, 5.41) is 14.1. The Labute approximate surface area is 176 Å². The van der Waals surface area contributed by atoms with E-state index >= 15 is 0 Å². The van der Waals surface area contributed by atoms with Gasteiger partial charge in [0.2, 0.25) is 0 Å². The number of carbonyl (C=O) groups is 3. The van der Waals surface area contributed by atoms with Crippen LogP contribution in [0.3, 0.4) is 0 Å². The van der Waals surface area contributed by atoms with Gasteiger partial charge in [0.05, 0.1) is 16.1 Å². The van der Waals surface area contributed by atoms with Crippen LogP contribution in [0.2, 0.25) is 0 Å². The van der Waals surface area contributed by atoms with Gasteiger partial charge in [-0.05, 0) is 35.9 Å². The molecule has 0 radical (unpaired) electrons. The van der Waals surface area contributed by atoms with Gasteiger partial charge in [0.15, 0.2) is 0 Å². The van der Waals surface area contributed by atoms with Crippen LogP contribution in [0, 0.1) is 10.1 Å². The number of non-ortho nitro benzene ring substituents is 1. The molecule has 3 aromatic rings. The maximum absolute atomic E-state index is 12.7. The summed E-state index contributed by atoms with van der Waals surface area (Å²) in [4.78, 5) is 53.2. The molecule has 154 valence electrons. The predicted molar refractivity (Wildman–Crippen MR) is 109 cm³/mol. The van der Waals surface area contributed by atoms with Crippen molar-refractivity contribution < 1.29 is 24.1 Å². The first-order valence-electron chi connectivity index (χ1n) is 9.20. The van der Waals surface area contributed by atoms with Crippen LogP contribution in [0.5, 0.6) is 0 Å². The van der Waals surface area contributed by atoms with E-state index in [1.807, 2.05) is 0 Å². The first-order valence-corrected chi connectivity index (χ1v) is 9.20. The van der Waals surface area contributed by atoms with Crippen molar-refractivity contribution in [1.82, 2.24) is 5.06 Å². The van der Waals surface area contributed by atoms with Crippen LogP contribution in [0.25, 0.3) is 0 Å². The molecule has 0 unspecified atom stereocenters. The fraction of sp³-hybridized carbons (Fsp3) is 0.0455. The topological polar surface area (TPSA) is 119 Å². The molecule has 0 aromatic heterocycles. The van der Waals surface area contributed by atoms with Crippen molar-refractivity contribution in [2.75, 3.05) is 5.32 Å². The van der Waals surface area contributed by atoms with Gasteiger partial charge in [-0.3, -0.25) is 29.3 Å². The molecule has 1 heterocycles. The number of amides is 3. The van der Waals surface area contributed by atoms with E-state index in [9.17, 15) is 24.5 Å². The molecule has 0 saturated heterocycles. The van der Waals surface area contributed by atoms with Gasteiger partial charge in [-0.1, -0.05) is 30.3 Å². The highest BCUT2D eigenvalue weighted by atomic mass is 16.7. The van der Waals surface area contributed by atoms with Crippen LogP contribution in [0.15, 0.2) is 72.8 Å². The van der Waals surface area contributed by atoms with Crippen molar-refractivity contribution in [2.45, 2.75) is 6.61 Å². The number of imide groups is 1. The van der Waals surface area contributed by atoms with Gasteiger partial charge in [0.1, 0.15) is 6.61 Å². The van der Waals surface area contributed by atoms with E-state index < -0.39 is 22.6 Å². The molecule has 9 heteroatoms. The Kier molecular flexibility index (Phi) is 5.25. The first-order chi connectivity index (χ1) is 15.0. The molecule has 4 rings (SSSR count). The Morgan fingerprint density at radius 1 is 0.903 bits per heavy atom. The Morgan fingerprint density at radius 2 is 1.48 bits per heavy atom. The molecule has 9 nitrogen and oxygen atoms in total. The van der Waals surface area contributed by atoms with Gasteiger partial charge >= 0.3 is 0 Å². The average Bonchev–Trinajstić information content (AvgIpc) is 3.03. The monoisotopic (exact) mass is 417 g/mol. The van der Waals surface area contributed by atoms with Crippen LogP contribution >= 0.6 is 0 Å². The summed E-state index contributed by atoms with van der Waals surface area (Å²) in [6, 6.07) is 18.4. The highest BCUT2D eigenvalue weighted by Gasteiger charge is 2.36. The molecule has 0 atom stereocenters. The smallest absolute Gasteiger partial charge is 0.285 e. The normalized spacial score (nSPS) is 12.6. The van der Waals surface area contributed by atoms with E-state index in [4.69, 9.17) is 4.84 Å². The van der Waals surface area contributed by atoms with Crippen molar-refractivity contribution in [3.05, 3.63) is 105 Å². The van der Waals surface area contributed by atoms with E-state index in [2.05, 4.69) is 5.32 Å². The minimum absolute atomic E-state index is 0.0901. The Balaban J connectivity index is 1.48. The number of benzene rings is 3. The lowest BCUT2D eigenvalue weighted by Crippen LogP contribution is -2.30. The third-order valence-electron chi connectivity index (χ3n) is 4.70. The lowest BCUT2D eigenvalue weighted by Gasteiger charge is -2.15. The van der Waals surface area contributed by atoms with Crippen LogP contribution in [-0.4, -0.2) is 27.7 Å². The van der Waals surface area contributed by atoms with Crippen LogP contribution in [0.1, 0.15) is 36.6 Å². The second-order valence-electron chi connectivity index (χ2n) is 6.64. The number of hydroxylamine groups is 2. The minimum Gasteiger partial charge on any atom is -0.322 e. The largest absolute Gasteiger partial charge is 0.322 e. The number of hydrogen-bond donors (Lipinski definition) is 1.